The maximum atomic E-state index is 11.4. The van der Waals surface area contributed by atoms with Gasteiger partial charge in [-0.2, -0.15) is 0 Å². The van der Waals surface area contributed by atoms with Gasteiger partial charge in [0.15, 0.2) is 0 Å². The molecule has 0 aliphatic rings. The fourth-order valence-electron chi connectivity index (χ4n) is 1.14. The molecular formula is C10H22N2O2. The van der Waals surface area contributed by atoms with Crippen LogP contribution in [0.4, 0.5) is 0 Å². The number of likely N-dealkylation sites (N-methyl/N-ethyl adjacent to an activating group) is 1. The van der Waals surface area contributed by atoms with Crippen molar-refractivity contribution >= 4 is 5.91 Å². The summed E-state index contributed by atoms with van der Waals surface area (Å²) in [5, 5.41) is 5.79. The smallest absolute Gasteiger partial charge is 0.248 e. The van der Waals surface area contributed by atoms with Crippen LogP contribution in [-0.4, -0.2) is 38.3 Å². The summed E-state index contributed by atoms with van der Waals surface area (Å²) in [5.41, 5.74) is 0. The van der Waals surface area contributed by atoms with E-state index in [9.17, 15) is 4.79 Å². The molecule has 0 aliphatic heterocycles. The maximum Gasteiger partial charge on any atom is 0.248 e. The Kier molecular flexibility index (Phi) is 7.42. The minimum absolute atomic E-state index is 0.0326. The van der Waals surface area contributed by atoms with E-state index in [-0.39, 0.29) is 18.1 Å². The highest BCUT2D eigenvalue weighted by Gasteiger charge is 2.15. The van der Waals surface area contributed by atoms with Gasteiger partial charge in [0.25, 0.3) is 0 Å². The Labute approximate surface area is 86.4 Å². The van der Waals surface area contributed by atoms with E-state index in [1.165, 1.54) is 0 Å². The van der Waals surface area contributed by atoms with Crippen molar-refractivity contribution < 1.29 is 9.53 Å². The number of hydrogen-bond donors (Lipinski definition) is 2. The van der Waals surface area contributed by atoms with Gasteiger partial charge in [0.1, 0.15) is 6.10 Å². The van der Waals surface area contributed by atoms with E-state index in [4.69, 9.17) is 4.74 Å². The number of ether oxygens (including phenoxy) is 1. The number of amides is 1. The highest BCUT2D eigenvalue weighted by Crippen LogP contribution is 1.97. The van der Waals surface area contributed by atoms with Gasteiger partial charge in [-0.15, -0.1) is 0 Å². The number of nitrogens with one attached hydrogen (secondary N) is 2. The molecule has 0 aliphatic carbocycles. The molecule has 0 aromatic rings. The molecule has 0 heterocycles. The first-order valence-electron chi connectivity index (χ1n) is 5.19. The SMILES string of the molecule is CCCNC(=O)C(C)OC(C)CNC. The molecule has 84 valence electrons. The summed E-state index contributed by atoms with van der Waals surface area (Å²) in [6.07, 6.45) is 0.636. The lowest BCUT2D eigenvalue weighted by Crippen LogP contribution is -2.38. The van der Waals surface area contributed by atoms with Crippen LogP contribution in [0.1, 0.15) is 27.2 Å². The summed E-state index contributed by atoms with van der Waals surface area (Å²) in [5.74, 6) is -0.0326. The quantitative estimate of drug-likeness (QED) is 0.633. The van der Waals surface area contributed by atoms with Gasteiger partial charge in [-0.05, 0) is 27.3 Å². The molecule has 0 aromatic carbocycles. The van der Waals surface area contributed by atoms with E-state index in [2.05, 4.69) is 10.6 Å². The van der Waals surface area contributed by atoms with E-state index in [0.29, 0.717) is 6.54 Å². The van der Waals surface area contributed by atoms with Crippen molar-refractivity contribution in [3.8, 4) is 0 Å². The average molecular weight is 202 g/mol. The van der Waals surface area contributed by atoms with E-state index in [0.717, 1.165) is 13.0 Å². The third kappa shape index (κ3) is 5.94. The zero-order valence-electron chi connectivity index (χ0n) is 9.59. The Balaban J connectivity index is 3.70. The first kappa shape index (κ1) is 13.4. The predicted octanol–water partition coefficient (Wildman–Crippen LogP) is 0.526. The summed E-state index contributed by atoms with van der Waals surface area (Å²) < 4.78 is 5.48. The largest absolute Gasteiger partial charge is 0.364 e. The van der Waals surface area contributed by atoms with Gasteiger partial charge in [0.05, 0.1) is 6.10 Å². The molecule has 0 aromatic heterocycles. The predicted molar refractivity (Wildman–Crippen MR) is 57.2 cm³/mol. The average Bonchev–Trinajstić information content (AvgIpc) is 2.14. The van der Waals surface area contributed by atoms with Crippen molar-refractivity contribution in [3.63, 3.8) is 0 Å². The highest BCUT2D eigenvalue weighted by atomic mass is 16.5. The van der Waals surface area contributed by atoms with Crippen molar-refractivity contribution in [2.24, 2.45) is 0 Å². The van der Waals surface area contributed by atoms with Crippen molar-refractivity contribution in [1.29, 1.82) is 0 Å². The summed E-state index contributed by atoms with van der Waals surface area (Å²) in [6.45, 7) is 7.21. The molecule has 0 radical (unpaired) electrons. The van der Waals surface area contributed by atoms with Gasteiger partial charge in [0, 0.05) is 13.1 Å². The van der Waals surface area contributed by atoms with Crippen molar-refractivity contribution in [1.82, 2.24) is 10.6 Å². The van der Waals surface area contributed by atoms with Crippen LogP contribution in [-0.2, 0) is 9.53 Å². The second-order valence-electron chi connectivity index (χ2n) is 3.44. The van der Waals surface area contributed by atoms with Gasteiger partial charge in [-0.3, -0.25) is 4.79 Å². The molecule has 2 N–H and O–H groups in total. The lowest BCUT2D eigenvalue weighted by molar-refractivity contribution is -0.134. The van der Waals surface area contributed by atoms with Crippen LogP contribution in [0.25, 0.3) is 0 Å². The molecule has 2 atom stereocenters. The van der Waals surface area contributed by atoms with Gasteiger partial charge in [-0.1, -0.05) is 6.92 Å². The van der Waals surface area contributed by atoms with Crippen LogP contribution in [0, 0.1) is 0 Å². The number of carbonyl (C=O) groups is 1. The van der Waals surface area contributed by atoms with Crippen LogP contribution >= 0.6 is 0 Å². The molecule has 0 saturated heterocycles. The zero-order valence-corrected chi connectivity index (χ0v) is 9.59. The lowest BCUT2D eigenvalue weighted by Gasteiger charge is -2.18. The fourth-order valence-corrected chi connectivity index (χ4v) is 1.14. The van der Waals surface area contributed by atoms with Gasteiger partial charge >= 0.3 is 0 Å². The van der Waals surface area contributed by atoms with E-state index in [1.807, 2.05) is 20.9 Å². The topological polar surface area (TPSA) is 50.4 Å². The van der Waals surface area contributed by atoms with Crippen molar-refractivity contribution in [2.75, 3.05) is 20.1 Å². The summed E-state index contributed by atoms with van der Waals surface area (Å²) in [6, 6.07) is 0. The molecule has 0 spiro atoms. The number of rotatable bonds is 7. The zero-order chi connectivity index (χ0) is 11.0. The lowest BCUT2D eigenvalue weighted by atomic mass is 10.3. The molecule has 4 heteroatoms. The van der Waals surface area contributed by atoms with Gasteiger partial charge in [0.2, 0.25) is 5.91 Å². The van der Waals surface area contributed by atoms with Gasteiger partial charge in [-0.25, -0.2) is 0 Å². The van der Waals surface area contributed by atoms with Gasteiger partial charge < -0.3 is 15.4 Å². The molecule has 4 nitrogen and oxygen atoms in total. The Morgan fingerprint density at radius 2 is 2.07 bits per heavy atom. The Bertz CT molecular complexity index is 162. The minimum atomic E-state index is -0.370. The van der Waals surface area contributed by atoms with E-state index >= 15 is 0 Å². The summed E-state index contributed by atoms with van der Waals surface area (Å²) >= 11 is 0. The second kappa shape index (κ2) is 7.76. The molecule has 1 amide bonds. The van der Waals surface area contributed by atoms with Crippen LogP contribution < -0.4 is 10.6 Å². The molecule has 14 heavy (non-hydrogen) atoms. The summed E-state index contributed by atoms with van der Waals surface area (Å²) in [7, 11) is 1.86. The molecule has 0 rings (SSSR count). The molecule has 0 saturated carbocycles. The molecular weight excluding hydrogens is 180 g/mol. The van der Waals surface area contributed by atoms with Crippen LogP contribution in [0.15, 0.2) is 0 Å². The highest BCUT2D eigenvalue weighted by molar-refractivity contribution is 5.80. The third-order valence-corrected chi connectivity index (χ3v) is 1.85. The van der Waals surface area contributed by atoms with E-state index < -0.39 is 0 Å². The van der Waals surface area contributed by atoms with Crippen molar-refractivity contribution in [3.05, 3.63) is 0 Å². The second-order valence-corrected chi connectivity index (χ2v) is 3.44. The molecule has 0 bridgehead atoms. The monoisotopic (exact) mass is 202 g/mol. The minimum Gasteiger partial charge on any atom is -0.364 e. The standard InChI is InChI=1S/C10H22N2O2/c1-5-6-12-10(13)9(3)14-8(2)7-11-4/h8-9,11H,5-7H2,1-4H3,(H,12,13). The van der Waals surface area contributed by atoms with Crippen LogP contribution in [0.2, 0.25) is 0 Å². The first-order chi connectivity index (χ1) is 6.61. The van der Waals surface area contributed by atoms with Crippen LogP contribution in [0.5, 0.6) is 0 Å². The fraction of sp³-hybridized carbons (Fsp3) is 0.900. The normalized spacial score (nSPS) is 14.9. The van der Waals surface area contributed by atoms with Crippen molar-refractivity contribution in [2.45, 2.75) is 39.4 Å². The van der Waals surface area contributed by atoms with E-state index in [1.54, 1.807) is 6.92 Å². The number of carbonyl (C=O) groups excluding carboxylic acids is 1. The summed E-state index contributed by atoms with van der Waals surface area (Å²) in [4.78, 5) is 11.4. The molecule has 0 fully saturated rings. The molecule has 2 unspecified atom stereocenters. The maximum absolute atomic E-state index is 11.4. The Morgan fingerprint density at radius 1 is 1.43 bits per heavy atom. The van der Waals surface area contributed by atoms with Crippen LogP contribution in [0.3, 0.4) is 0 Å². The number of hydrogen-bond acceptors (Lipinski definition) is 3. The third-order valence-electron chi connectivity index (χ3n) is 1.85. The Hall–Kier alpha value is -0.610. The Morgan fingerprint density at radius 3 is 2.57 bits per heavy atom. The first-order valence-corrected chi connectivity index (χ1v) is 5.19.